The Morgan fingerprint density at radius 3 is 1.38 bits per heavy atom. The van der Waals surface area contributed by atoms with E-state index >= 15 is 0 Å². The number of furan rings is 2. The van der Waals surface area contributed by atoms with Crippen LogP contribution in [0.1, 0.15) is 91.6 Å². The second-order valence-corrected chi connectivity index (χ2v) is 24.3. The van der Waals surface area contributed by atoms with Crippen molar-refractivity contribution in [3.8, 4) is 11.1 Å². The van der Waals surface area contributed by atoms with E-state index in [2.05, 4.69) is 297 Å². The van der Waals surface area contributed by atoms with Gasteiger partial charge in [-0.1, -0.05) is 217 Å². The van der Waals surface area contributed by atoms with Crippen LogP contribution in [-0.2, 0) is 16.2 Å². The van der Waals surface area contributed by atoms with Crippen LogP contribution in [0.3, 0.4) is 0 Å². The number of hydrogen-bond acceptors (Lipinski definition) is 4. The monoisotopic (exact) mass is 1040 g/mol. The third kappa shape index (κ3) is 7.49. The van der Waals surface area contributed by atoms with Gasteiger partial charge in [-0.2, -0.15) is 0 Å². The standard InChI is InChI=1S/C76H64N2O2/c1-47-23-18-28-52(43-47)78(66-38-22-34-59-57-32-20-36-62(75(7,8)9)71(57)80-73(59)66)68-46-64-69(55-30-17-16-29-54(55)68)60-42-41-53(45-63(60)76(64,50-24-12-10-13-25-50)51-26-14-11-15-27-51)77(67-44-48(2)39-40-49(67)3)65-37-21-33-58-56-31-19-35-61(74(4,5)6)70(56)79-72(58)65/h10-46H,1-9H3. The van der Waals surface area contributed by atoms with Crippen LogP contribution >= 0.6 is 0 Å². The molecule has 2 aromatic heterocycles. The molecule has 0 fully saturated rings. The van der Waals surface area contributed by atoms with Crippen molar-refractivity contribution >= 4 is 88.8 Å². The van der Waals surface area contributed by atoms with Crippen molar-refractivity contribution < 1.29 is 8.83 Å². The predicted octanol–water partition coefficient (Wildman–Crippen LogP) is 21.5. The summed E-state index contributed by atoms with van der Waals surface area (Å²) in [5.41, 5.74) is 22.0. The molecule has 1 aliphatic carbocycles. The quantitative estimate of drug-likeness (QED) is 0.152. The first kappa shape index (κ1) is 49.2. The highest BCUT2D eigenvalue weighted by Gasteiger charge is 2.48. The molecule has 0 unspecified atom stereocenters. The molecule has 1 aliphatic rings. The lowest BCUT2D eigenvalue weighted by atomic mass is 9.67. The van der Waals surface area contributed by atoms with Gasteiger partial charge in [-0.05, 0) is 136 Å². The molecule has 390 valence electrons. The van der Waals surface area contributed by atoms with E-state index in [0.717, 1.165) is 83.4 Å². The van der Waals surface area contributed by atoms with Gasteiger partial charge in [0, 0.05) is 55.1 Å². The minimum Gasteiger partial charge on any atom is -0.454 e. The maximum Gasteiger partial charge on any atom is 0.159 e. The van der Waals surface area contributed by atoms with Gasteiger partial charge >= 0.3 is 0 Å². The van der Waals surface area contributed by atoms with E-state index in [1.54, 1.807) is 0 Å². The largest absolute Gasteiger partial charge is 0.454 e. The average molecular weight is 1040 g/mol. The minimum absolute atomic E-state index is 0.119. The molecule has 0 spiro atoms. The van der Waals surface area contributed by atoms with E-state index in [0.29, 0.717) is 0 Å². The molecule has 0 amide bonds. The molecule has 80 heavy (non-hydrogen) atoms. The third-order valence-corrected chi connectivity index (χ3v) is 17.0. The van der Waals surface area contributed by atoms with Gasteiger partial charge in [-0.3, -0.25) is 0 Å². The summed E-state index contributed by atoms with van der Waals surface area (Å²) in [4.78, 5) is 4.92. The first-order valence-corrected chi connectivity index (χ1v) is 28.2. The molecule has 0 N–H and O–H groups in total. The van der Waals surface area contributed by atoms with Crippen LogP contribution < -0.4 is 9.80 Å². The second kappa shape index (κ2) is 18.2. The summed E-state index contributed by atoms with van der Waals surface area (Å²) >= 11 is 0. The Morgan fingerprint density at radius 1 is 0.338 bits per heavy atom. The Bertz CT molecular complexity index is 4560. The van der Waals surface area contributed by atoms with Crippen LogP contribution in [0.5, 0.6) is 0 Å². The lowest BCUT2D eigenvalue weighted by Gasteiger charge is -2.36. The number of rotatable bonds is 8. The van der Waals surface area contributed by atoms with Crippen LogP contribution in [0, 0.1) is 20.8 Å². The SMILES string of the molecule is Cc1cccc(N(c2cc3c(c4ccccc24)-c2ccc(N(c4cc(C)ccc4C)c4cccc5c4oc4c(C(C)(C)C)cccc45)cc2C3(c2ccccc2)c2ccccc2)c2cccc3c2oc2c(C(C)(C)C)cccc23)c1. The topological polar surface area (TPSA) is 32.8 Å². The van der Waals surface area contributed by atoms with E-state index in [4.69, 9.17) is 8.83 Å². The van der Waals surface area contributed by atoms with Crippen LogP contribution in [0.15, 0.2) is 233 Å². The lowest BCUT2D eigenvalue weighted by Crippen LogP contribution is -2.29. The fourth-order valence-electron chi connectivity index (χ4n) is 13.3. The zero-order valence-electron chi connectivity index (χ0n) is 47.1. The van der Waals surface area contributed by atoms with E-state index in [9.17, 15) is 0 Å². The van der Waals surface area contributed by atoms with Crippen molar-refractivity contribution in [2.75, 3.05) is 9.80 Å². The molecule has 4 nitrogen and oxygen atoms in total. The molecule has 0 radical (unpaired) electrons. The van der Waals surface area contributed by atoms with E-state index < -0.39 is 5.41 Å². The average Bonchev–Trinajstić information content (AvgIpc) is 4.27. The summed E-state index contributed by atoms with van der Waals surface area (Å²) in [6.45, 7) is 20.2. The van der Waals surface area contributed by atoms with Gasteiger partial charge in [0.25, 0.3) is 0 Å². The van der Waals surface area contributed by atoms with Crippen molar-refractivity contribution in [2.24, 2.45) is 0 Å². The Hall–Kier alpha value is -9.12. The van der Waals surface area contributed by atoms with Gasteiger partial charge in [0.15, 0.2) is 11.2 Å². The Morgan fingerprint density at radius 2 is 0.812 bits per heavy atom. The summed E-state index contributed by atoms with van der Waals surface area (Å²) in [6, 6.07) is 83.4. The molecule has 0 aliphatic heterocycles. The molecule has 0 saturated heterocycles. The van der Waals surface area contributed by atoms with Crippen molar-refractivity contribution in [3.63, 3.8) is 0 Å². The Balaban J connectivity index is 1.09. The number of fused-ring (bicyclic) bond motifs is 11. The summed E-state index contributed by atoms with van der Waals surface area (Å²) in [5.74, 6) is 0. The van der Waals surface area contributed by atoms with Crippen LogP contribution in [0.4, 0.5) is 34.1 Å². The van der Waals surface area contributed by atoms with Crippen molar-refractivity contribution in [2.45, 2.75) is 78.6 Å². The first-order chi connectivity index (χ1) is 38.7. The Labute approximate surface area is 469 Å². The van der Waals surface area contributed by atoms with Crippen molar-refractivity contribution in [1.29, 1.82) is 0 Å². The maximum atomic E-state index is 7.27. The predicted molar refractivity (Wildman–Crippen MR) is 337 cm³/mol. The molecule has 2 heterocycles. The summed E-state index contributed by atoms with van der Waals surface area (Å²) in [7, 11) is 0. The maximum absolute atomic E-state index is 7.27. The number of nitrogens with zero attached hydrogens (tertiary/aromatic N) is 2. The van der Waals surface area contributed by atoms with E-state index in [1.165, 1.54) is 66.6 Å². The molecule has 13 aromatic rings. The first-order valence-electron chi connectivity index (χ1n) is 28.2. The molecule has 14 rings (SSSR count). The van der Waals surface area contributed by atoms with Crippen LogP contribution in [0.25, 0.3) is 65.8 Å². The number of anilines is 6. The fourth-order valence-corrected chi connectivity index (χ4v) is 13.3. The van der Waals surface area contributed by atoms with Crippen molar-refractivity contribution in [1.82, 2.24) is 0 Å². The summed E-state index contributed by atoms with van der Waals surface area (Å²) < 4.78 is 14.5. The molecule has 0 bridgehead atoms. The van der Waals surface area contributed by atoms with Gasteiger partial charge in [-0.25, -0.2) is 0 Å². The summed E-state index contributed by atoms with van der Waals surface area (Å²) in [5, 5.41) is 6.76. The lowest BCUT2D eigenvalue weighted by molar-refractivity contribution is 0.572. The van der Waals surface area contributed by atoms with Gasteiger partial charge in [-0.15, -0.1) is 0 Å². The number of aryl methyl sites for hydroxylation is 3. The molecule has 11 aromatic carbocycles. The fraction of sp³-hybridized carbons (Fsp3) is 0.158. The van der Waals surface area contributed by atoms with Crippen LogP contribution in [0.2, 0.25) is 0 Å². The molecular formula is C76H64N2O2. The van der Waals surface area contributed by atoms with E-state index in [-0.39, 0.29) is 10.8 Å². The molecule has 4 heteroatoms. The second-order valence-electron chi connectivity index (χ2n) is 24.3. The highest BCUT2D eigenvalue weighted by molar-refractivity contribution is 6.16. The van der Waals surface area contributed by atoms with Crippen molar-refractivity contribution in [3.05, 3.63) is 275 Å². The molecule has 0 atom stereocenters. The zero-order chi connectivity index (χ0) is 54.8. The number of benzene rings is 11. The smallest absolute Gasteiger partial charge is 0.159 e. The zero-order valence-corrected chi connectivity index (χ0v) is 47.1. The number of hydrogen-bond donors (Lipinski definition) is 0. The number of para-hydroxylation sites is 4. The third-order valence-electron chi connectivity index (χ3n) is 17.0. The van der Waals surface area contributed by atoms with Gasteiger partial charge < -0.3 is 18.6 Å². The highest BCUT2D eigenvalue weighted by Crippen LogP contribution is 2.61. The molecule has 0 saturated carbocycles. The normalized spacial score (nSPS) is 13.2. The highest BCUT2D eigenvalue weighted by atomic mass is 16.3. The summed E-state index contributed by atoms with van der Waals surface area (Å²) in [6.07, 6.45) is 0. The molecular weight excluding hydrogens is 973 g/mol. The van der Waals surface area contributed by atoms with Gasteiger partial charge in [0.05, 0.1) is 22.5 Å². The van der Waals surface area contributed by atoms with Gasteiger partial charge in [0.2, 0.25) is 0 Å². The minimum atomic E-state index is -0.784. The van der Waals surface area contributed by atoms with E-state index in [1.807, 2.05) is 0 Å². The van der Waals surface area contributed by atoms with Gasteiger partial charge in [0.1, 0.15) is 11.2 Å². The Kier molecular flexibility index (Phi) is 11.2. The van der Waals surface area contributed by atoms with Crippen LogP contribution in [-0.4, -0.2) is 0 Å².